The Labute approximate surface area is 81.6 Å². The third-order valence-corrected chi connectivity index (χ3v) is 2.05. The Morgan fingerprint density at radius 2 is 2.29 bits per heavy atom. The van der Waals surface area contributed by atoms with Crippen LogP contribution in [0.5, 0.6) is 0 Å². The fourth-order valence-corrected chi connectivity index (χ4v) is 1.38. The van der Waals surface area contributed by atoms with Gasteiger partial charge in [-0.25, -0.2) is 0 Å². The maximum absolute atomic E-state index is 8.85. The van der Waals surface area contributed by atoms with E-state index in [1.54, 1.807) is 18.6 Å². The highest BCUT2D eigenvalue weighted by Crippen LogP contribution is 2.19. The minimum absolute atomic E-state index is 0.132. The molecule has 0 saturated carbocycles. The minimum atomic E-state index is 0.132. The van der Waals surface area contributed by atoms with Crippen LogP contribution in [0.2, 0.25) is 0 Å². The van der Waals surface area contributed by atoms with Crippen LogP contribution in [0.1, 0.15) is 5.56 Å². The first kappa shape index (κ1) is 8.90. The van der Waals surface area contributed by atoms with Crippen molar-refractivity contribution in [3.05, 3.63) is 36.3 Å². The number of nitrogens with zero attached hydrogens (tertiary/aromatic N) is 2. The van der Waals surface area contributed by atoms with E-state index in [1.165, 1.54) is 0 Å². The Balaban J connectivity index is 2.37. The summed E-state index contributed by atoms with van der Waals surface area (Å²) in [6.07, 6.45) is 5.85. The maximum Gasteiger partial charge on any atom is 0.0698 e. The molecule has 0 aliphatic heterocycles. The molecule has 0 bridgehead atoms. The number of aromatic nitrogens is 3. The summed E-state index contributed by atoms with van der Waals surface area (Å²) in [6.45, 7) is 0.132. The molecule has 0 spiro atoms. The van der Waals surface area contributed by atoms with Gasteiger partial charge in [0.25, 0.3) is 0 Å². The summed E-state index contributed by atoms with van der Waals surface area (Å²) in [4.78, 5) is 4.03. The number of aliphatic hydroxyl groups excluding tert-OH is 1. The maximum atomic E-state index is 8.85. The molecule has 0 radical (unpaired) electrons. The molecule has 72 valence electrons. The normalized spacial score (nSPS) is 10.4. The average molecular weight is 189 g/mol. The molecule has 0 amide bonds. The largest absolute Gasteiger partial charge is 0.396 e. The number of pyridine rings is 1. The van der Waals surface area contributed by atoms with Crippen molar-refractivity contribution >= 4 is 0 Å². The van der Waals surface area contributed by atoms with Gasteiger partial charge in [0.2, 0.25) is 0 Å². The fraction of sp³-hybridized carbons (Fsp3) is 0.200. The van der Waals surface area contributed by atoms with E-state index in [2.05, 4.69) is 15.2 Å². The van der Waals surface area contributed by atoms with Gasteiger partial charge in [-0.1, -0.05) is 0 Å². The van der Waals surface area contributed by atoms with Crippen LogP contribution in [0.4, 0.5) is 0 Å². The van der Waals surface area contributed by atoms with E-state index in [-0.39, 0.29) is 6.61 Å². The van der Waals surface area contributed by atoms with Crippen molar-refractivity contribution in [2.24, 2.45) is 0 Å². The monoisotopic (exact) mass is 189 g/mol. The van der Waals surface area contributed by atoms with Crippen LogP contribution in [0.15, 0.2) is 30.7 Å². The first-order valence-electron chi connectivity index (χ1n) is 4.45. The van der Waals surface area contributed by atoms with Crippen molar-refractivity contribution in [2.75, 3.05) is 6.61 Å². The van der Waals surface area contributed by atoms with E-state index < -0.39 is 0 Å². The van der Waals surface area contributed by atoms with Crippen molar-refractivity contribution in [2.45, 2.75) is 6.42 Å². The smallest absolute Gasteiger partial charge is 0.0698 e. The molecule has 14 heavy (non-hydrogen) atoms. The second-order valence-corrected chi connectivity index (χ2v) is 2.99. The van der Waals surface area contributed by atoms with Gasteiger partial charge in [-0.05, 0) is 18.6 Å². The van der Waals surface area contributed by atoms with Crippen LogP contribution in [0, 0.1) is 0 Å². The Morgan fingerprint density at radius 1 is 1.36 bits per heavy atom. The standard InChI is InChI=1S/C10H11N3O/c14-5-3-9-7-12-13-10(9)8-2-1-4-11-6-8/h1-2,4,6-7,14H,3,5H2,(H,12,13). The summed E-state index contributed by atoms with van der Waals surface area (Å²) in [5, 5.41) is 15.7. The molecular weight excluding hydrogens is 178 g/mol. The Hall–Kier alpha value is -1.68. The lowest BCUT2D eigenvalue weighted by molar-refractivity contribution is 0.300. The van der Waals surface area contributed by atoms with Gasteiger partial charge in [0.05, 0.1) is 11.9 Å². The quantitative estimate of drug-likeness (QED) is 0.757. The highest BCUT2D eigenvalue weighted by Gasteiger charge is 2.06. The molecule has 0 saturated heterocycles. The fourth-order valence-electron chi connectivity index (χ4n) is 1.38. The molecule has 0 aromatic carbocycles. The predicted octanol–water partition coefficient (Wildman–Crippen LogP) is 1.01. The highest BCUT2D eigenvalue weighted by atomic mass is 16.2. The van der Waals surface area contributed by atoms with Gasteiger partial charge >= 0.3 is 0 Å². The zero-order valence-corrected chi connectivity index (χ0v) is 7.64. The molecule has 2 aromatic rings. The van der Waals surface area contributed by atoms with Crippen LogP contribution in [-0.2, 0) is 6.42 Å². The SMILES string of the molecule is OCCc1cn[nH]c1-c1cccnc1. The summed E-state index contributed by atoms with van der Waals surface area (Å²) >= 11 is 0. The van der Waals surface area contributed by atoms with Crippen molar-refractivity contribution in [1.29, 1.82) is 0 Å². The van der Waals surface area contributed by atoms with Crippen LogP contribution in [-0.4, -0.2) is 26.9 Å². The van der Waals surface area contributed by atoms with Gasteiger partial charge in [0.1, 0.15) is 0 Å². The molecule has 2 heterocycles. The first-order valence-corrected chi connectivity index (χ1v) is 4.45. The summed E-state index contributed by atoms with van der Waals surface area (Å²) in [5.41, 5.74) is 2.95. The predicted molar refractivity (Wildman–Crippen MR) is 52.6 cm³/mol. The average Bonchev–Trinajstić information content (AvgIpc) is 2.68. The zero-order valence-electron chi connectivity index (χ0n) is 7.64. The summed E-state index contributed by atoms with van der Waals surface area (Å²) in [6, 6.07) is 3.83. The lowest BCUT2D eigenvalue weighted by Gasteiger charge is -2.00. The third-order valence-electron chi connectivity index (χ3n) is 2.05. The number of H-pyrrole nitrogens is 1. The van der Waals surface area contributed by atoms with Crippen LogP contribution in [0.3, 0.4) is 0 Å². The Bertz CT molecular complexity index is 397. The van der Waals surface area contributed by atoms with Gasteiger partial charge in [0, 0.05) is 30.1 Å². The topological polar surface area (TPSA) is 61.8 Å². The highest BCUT2D eigenvalue weighted by molar-refractivity contribution is 5.61. The van der Waals surface area contributed by atoms with Crippen LogP contribution >= 0.6 is 0 Å². The van der Waals surface area contributed by atoms with E-state index in [4.69, 9.17) is 5.11 Å². The first-order chi connectivity index (χ1) is 6.92. The number of hydrogen-bond donors (Lipinski definition) is 2. The third kappa shape index (κ3) is 1.65. The minimum Gasteiger partial charge on any atom is -0.396 e. The summed E-state index contributed by atoms with van der Waals surface area (Å²) < 4.78 is 0. The van der Waals surface area contributed by atoms with Crippen molar-refractivity contribution < 1.29 is 5.11 Å². The number of hydrogen-bond acceptors (Lipinski definition) is 3. The number of aliphatic hydroxyl groups is 1. The molecule has 0 fully saturated rings. The van der Waals surface area contributed by atoms with E-state index in [0.717, 1.165) is 16.8 Å². The summed E-state index contributed by atoms with van der Waals surface area (Å²) in [7, 11) is 0. The van der Waals surface area contributed by atoms with E-state index in [9.17, 15) is 0 Å². The van der Waals surface area contributed by atoms with E-state index >= 15 is 0 Å². The van der Waals surface area contributed by atoms with Gasteiger partial charge in [-0.15, -0.1) is 0 Å². The molecule has 4 heteroatoms. The van der Waals surface area contributed by atoms with E-state index in [0.29, 0.717) is 6.42 Å². The molecular formula is C10H11N3O. The molecule has 0 atom stereocenters. The summed E-state index contributed by atoms with van der Waals surface area (Å²) in [5.74, 6) is 0. The van der Waals surface area contributed by atoms with Crippen LogP contribution in [0.25, 0.3) is 11.3 Å². The second-order valence-electron chi connectivity index (χ2n) is 2.99. The van der Waals surface area contributed by atoms with Crippen molar-refractivity contribution in [1.82, 2.24) is 15.2 Å². The molecule has 0 aliphatic rings. The van der Waals surface area contributed by atoms with Gasteiger partial charge in [-0.3, -0.25) is 10.1 Å². The zero-order chi connectivity index (χ0) is 9.80. The number of rotatable bonds is 3. The Morgan fingerprint density at radius 3 is 3.00 bits per heavy atom. The number of aromatic amines is 1. The second kappa shape index (κ2) is 4.02. The Kier molecular flexibility index (Phi) is 2.55. The van der Waals surface area contributed by atoms with E-state index in [1.807, 2.05) is 12.1 Å². The van der Waals surface area contributed by atoms with Gasteiger partial charge in [0.15, 0.2) is 0 Å². The van der Waals surface area contributed by atoms with Crippen molar-refractivity contribution in [3.63, 3.8) is 0 Å². The molecule has 4 nitrogen and oxygen atoms in total. The van der Waals surface area contributed by atoms with Crippen molar-refractivity contribution in [3.8, 4) is 11.3 Å². The molecule has 2 rings (SSSR count). The van der Waals surface area contributed by atoms with Gasteiger partial charge < -0.3 is 5.11 Å². The molecule has 2 N–H and O–H groups in total. The molecule has 0 aliphatic carbocycles. The number of nitrogens with one attached hydrogen (secondary N) is 1. The lowest BCUT2D eigenvalue weighted by atomic mass is 10.1. The molecule has 0 unspecified atom stereocenters. The van der Waals surface area contributed by atoms with Crippen LogP contribution < -0.4 is 0 Å². The lowest BCUT2D eigenvalue weighted by Crippen LogP contribution is -1.91. The van der Waals surface area contributed by atoms with Gasteiger partial charge in [-0.2, -0.15) is 5.10 Å². The molecule has 2 aromatic heterocycles.